The molecular weight excluding hydrogens is 496 g/mol. The van der Waals surface area contributed by atoms with Crippen molar-refractivity contribution < 1.29 is 8.78 Å². The number of nitrogens with one attached hydrogen (secondary N) is 1. The molecule has 3 aromatic heterocycles. The van der Waals surface area contributed by atoms with Gasteiger partial charge in [-0.05, 0) is 52.7 Å². The normalized spacial score (nSPS) is 12.2. The van der Waals surface area contributed by atoms with E-state index in [-0.39, 0.29) is 22.3 Å². The Morgan fingerprint density at radius 3 is 2.59 bits per heavy atom. The van der Waals surface area contributed by atoms with E-state index in [2.05, 4.69) is 25.5 Å². The van der Waals surface area contributed by atoms with Gasteiger partial charge in [-0.1, -0.05) is 48.0 Å². The molecule has 0 bridgehead atoms. The van der Waals surface area contributed by atoms with Gasteiger partial charge in [0.2, 0.25) is 0 Å². The number of aromatic amines is 1. The number of tetrazole rings is 1. The number of benzene rings is 3. The van der Waals surface area contributed by atoms with Crippen LogP contribution in [-0.2, 0) is 6.42 Å². The van der Waals surface area contributed by atoms with E-state index in [0.717, 1.165) is 16.8 Å². The zero-order chi connectivity index (χ0) is 25.4. The molecule has 6 aromatic rings. The summed E-state index contributed by atoms with van der Waals surface area (Å²) in [4.78, 5) is 12.7. The van der Waals surface area contributed by atoms with E-state index in [1.54, 1.807) is 24.4 Å². The minimum absolute atomic E-state index is 0.0210. The van der Waals surface area contributed by atoms with Crippen LogP contribution in [0.25, 0.3) is 27.8 Å². The van der Waals surface area contributed by atoms with Gasteiger partial charge < -0.3 is 4.98 Å². The van der Waals surface area contributed by atoms with Gasteiger partial charge in [0.1, 0.15) is 18.0 Å². The molecule has 0 spiro atoms. The fourth-order valence-electron chi connectivity index (χ4n) is 4.39. The molecule has 0 amide bonds. The molecule has 6 rings (SSSR count). The average molecular weight is 514 g/mol. The Morgan fingerprint density at radius 1 is 0.973 bits per heavy atom. The van der Waals surface area contributed by atoms with E-state index in [9.17, 15) is 4.39 Å². The van der Waals surface area contributed by atoms with Gasteiger partial charge in [-0.25, -0.2) is 13.8 Å². The summed E-state index contributed by atoms with van der Waals surface area (Å²) in [7, 11) is 0. The highest BCUT2D eigenvalue weighted by Crippen LogP contribution is 2.34. The summed E-state index contributed by atoms with van der Waals surface area (Å²) in [5, 5.41) is 11.2. The molecular formula is C27H18ClF2N7. The Morgan fingerprint density at radius 2 is 1.84 bits per heavy atom. The highest BCUT2D eigenvalue weighted by Gasteiger charge is 2.22. The third-order valence-electron chi connectivity index (χ3n) is 6.18. The predicted molar refractivity (Wildman–Crippen MR) is 135 cm³/mol. The van der Waals surface area contributed by atoms with Gasteiger partial charge in [0.25, 0.3) is 0 Å². The number of halogens is 3. The Hall–Kier alpha value is -4.50. The van der Waals surface area contributed by atoms with Crippen LogP contribution in [0.3, 0.4) is 0 Å². The van der Waals surface area contributed by atoms with Crippen LogP contribution < -0.4 is 0 Å². The number of hydrogen-bond donors (Lipinski definition) is 1. The zero-order valence-corrected chi connectivity index (χ0v) is 19.9. The maximum absolute atomic E-state index is 15.2. The standard InChI is InChI=1S/C27H18ClF2N7/c28-20-8-11-24(37-15-32-35-36-37)25(26(20)30)17-6-9-21(31-14-17)19(12-16-4-2-1-3-5-16)27-33-22-10-7-18(29)13-23(22)34-27/h1-11,13-15,19H,12H2,(H,33,34). The molecule has 0 aliphatic rings. The van der Waals surface area contributed by atoms with Crippen molar-refractivity contribution in [2.75, 3.05) is 0 Å². The van der Waals surface area contributed by atoms with E-state index < -0.39 is 5.82 Å². The van der Waals surface area contributed by atoms with Crippen LogP contribution in [0.15, 0.2) is 85.3 Å². The predicted octanol–water partition coefficient (Wildman–Crippen LogP) is 5.91. The quantitative estimate of drug-likeness (QED) is 0.299. The maximum Gasteiger partial charge on any atom is 0.151 e. The van der Waals surface area contributed by atoms with E-state index in [0.29, 0.717) is 29.0 Å². The van der Waals surface area contributed by atoms with Gasteiger partial charge in [0, 0.05) is 23.4 Å². The molecule has 182 valence electrons. The number of pyridine rings is 1. The van der Waals surface area contributed by atoms with Gasteiger partial charge in [-0.15, -0.1) is 5.10 Å². The molecule has 0 aliphatic carbocycles. The molecule has 3 aromatic carbocycles. The van der Waals surface area contributed by atoms with E-state index in [1.807, 2.05) is 36.4 Å². The second-order valence-electron chi connectivity index (χ2n) is 8.51. The van der Waals surface area contributed by atoms with Gasteiger partial charge >= 0.3 is 0 Å². The largest absolute Gasteiger partial charge is 0.341 e. The molecule has 1 N–H and O–H groups in total. The highest BCUT2D eigenvalue weighted by atomic mass is 35.5. The van der Waals surface area contributed by atoms with Crippen LogP contribution in [0.1, 0.15) is 23.0 Å². The number of hydrogen-bond acceptors (Lipinski definition) is 5. The molecule has 0 radical (unpaired) electrons. The van der Waals surface area contributed by atoms with Gasteiger partial charge in [-0.3, -0.25) is 4.98 Å². The molecule has 7 nitrogen and oxygen atoms in total. The molecule has 1 unspecified atom stereocenters. The van der Waals surface area contributed by atoms with Crippen LogP contribution in [-0.4, -0.2) is 35.2 Å². The number of rotatable bonds is 6. The third-order valence-corrected chi connectivity index (χ3v) is 6.47. The van der Waals surface area contributed by atoms with Crippen LogP contribution in [0, 0.1) is 11.6 Å². The molecule has 3 heterocycles. The first kappa shape index (κ1) is 22.9. The molecule has 0 saturated heterocycles. The Labute approximate surface area is 214 Å². The van der Waals surface area contributed by atoms with E-state index in [1.165, 1.54) is 29.2 Å². The fourth-order valence-corrected chi connectivity index (χ4v) is 4.55. The van der Waals surface area contributed by atoms with Crippen molar-refractivity contribution in [3.05, 3.63) is 119 Å². The topological polar surface area (TPSA) is 85.2 Å². The van der Waals surface area contributed by atoms with Crippen LogP contribution >= 0.6 is 11.6 Å². The lowest BCUT2D eigenvalue weighted by Gasteiger charge is -2.16. The lowest BCUT2D eigenvalue weighted by molar-refractivity contribution is 0.628. The number of aromatic nitrogens is 7. The molecule has 10 heteroatoms. The smallest absolute Gasteiger partial charge is 0.151 e. The monoisotopic (exact) mass is 513 g/mol. The van der Waals surface area contributed by atoms with Crippen molar-refractivity contribution in [2.45, 2.75) is 12.3 Å². The summed E-state index contributed by atoms with van der Waals surface area (Å²) in [6.07, 6.45) is 3.59. The summed E-state index contributed by atoms with van der Waals surface area (Å²) in [5.41, 5.74) is 4.26. The lowest BCUT2D eigenvalue weighted by Crippen LogP contribution is -2.09. The number of imidazole rings is 1. The van der Waals surface area contributed by atoms with Gasteiger partial charge in [0.05, 0.1) is 33.4 Å². The van der Waals surface area contributed by atoms with Crippen molar-refractivity contribution in [2.24, 2.45) is 0 Å². The van der Waals surface area contributed by atoms with E-state index >= 15 is 4.39 Å². The van der Waals surface area contributed by atoms with Crippen molar-refractivity contribution >= 4 is 22.6 Å². The fraction of sp³-hybridized carbons (Fsp3) is 0.0741. The third kappa shape index (κ3) is 4.45. The van der Waals surface area contributed by atoms with Gasteiger partial charge in [0.15, 0.2) is 5.82 Å². The molecule has 0 fully saturated rings. The average Bonchev–Trinajstić information content (AvgIpc) is 3.60. The Bertz CT molecular complexity index is 1680. The minimum Gasteiger partial charge on any atom is -0.341 e. The molecule has 0 aliphatic heterocycles. The van der Waals surface area contributed by atoms with Crippen molar-refractivity contribution in [1.29, 1.82) is 0 Å². The first-order valence-electron chi connectivity index (χ1n) is 11.4. The zero-order valence-electron chi connectivity index (χ0n) is 19.2. The number of H-pyrrole nitrogens is 1. The molecule has 37 heavy (non-hydrogen) atoms. The summed E-state index contributed by atoms with van der Waals surface area (Å²) < 4.78 is 30.4. The second kappa shape index (κ2) is 9.51. The summed E-state index contributed by atoms with van der Waals surface area (Å²) in [6, 6.07) is 21.1. The van der Waals surface area contributed by atoms with Crippen molar-refractivity contribution in [3.63, 3.8) is 0 Å². The first-order valence-corrected chi connectivity index (χ1v) is 11.8. The molecule has 0 saturated carbocycles. The SMILES string of the molecule is Fc1ccc2[nH]c(C(Cc3ccccc3)c3ccc(-c4c(-n5cnnn5)ccc(Cl)c4F)cn3)nc2c1. The lowest BCUT2D eigenvalue weighted by atomic mass is 9.94. The van der Waals surface area contributed by atoms with Crippen molar-refractivity contribution in [3.8, 4) is 16.8 Å². The van der Waals surface area contributed by atoms with Crippen LogP contribution in [0.5, 0.6) is 0 Å². The maximum atomic E-state index is 15.2. The Balaban J connectivity index is 1.43. The second-order valence-corrected chi connectivity index (χ2v) is 8.91. The van der Waals surface area contributed by atoms with Crippen LogP contribution in [0.4, 0.5) is 8.78 Å². The number of fused-ring (bicyclic) bond motifs is 1. The highest BCUT2D eigenvalue weighted by molar-refractivity contribution is 6.31. The van der Waals surface area contributed by atoms with Gasteiger partial charge in [-0.2, -0.15) is 4.68 Å². The number of nitrogens with zero attached hydrogens (tertiary/aromatic N) is 6. The molecule has 1 atom stereocenters. The first-order chi connectivity index (χ1) is 18.1. The summed E-state index contributed by atoms with van der Waals surface area (Å²) >= 11 is 6.10. The van der Waals surface area contributed by atoms with E-state index in [4.69, 9.17) is 16.6 Å². The summed E-state index contributed by atoms with van der Waals surface area (Å²) in [5.74, 6) is -0.540. The van der Waals surface area contributed by atoms with Crippen LogP contribution in [0.2, 0.25) is 5.02 Å². The minimum atomic E-state index is -0.593. The Kier molecular flexibility index (Phi) is 5.90. The van der Waals surface area contributed by atoms with Crippen molar-refractivity contribution in [1.82, 2.24) is 35.2 Å². The summed E-state index contributed by atoms with van der Waals surface area (Å²) in [6.45, 7) is 0.